The molecule has 3 aromatic carbocycles. The summed E-state index contributed by atoms with van der Waals surface area (Å²) < 4.78 is 18.3. The second-order valence-electron chi connectivity index (χ2n) is 7.55. The van der Waals surface area contributed by atoms with Crippen molar-refractivity contribution in [3.8, 4) is 0 Å². The van der Waals surface area contributed by atoms with Crippen LogP contribution in [-0.4, -0.2) is 36.6 Å². The number of hydrogen-bond acceptors (Lipinski definition) is 5. The van der Waals surface area contributed by atoms with Crippen molar-refractivity contribution < 1.29 is 19.3 Å². The maximum atomic E-state index is 9.92. The summed E-state index contributed by atoms with van der Waals surface area (Å²) in [5.41, 5.74) is 12.0. The number of nitrogens with zero attached hydrogens (tertiary/aromatic N) is 3. The fourth-order valence-corrected chi connectivity index (χ4v) is 3.39. The quantitative estimate of drug-likeness (QED) is 0.213. The molecule has 3 atom stereocenters. The zero-order valence-electron chi connectivity index (χ0n) is 18.4. The van der Waals surface area contributed by atoms with Crippen LogP contribution in [-0.2, 0) is 34.0 Å². The van der Waals surface area contributed by atoms with E-state index in [9.17, 15) is 5.11 Å². The number of ether oxygens (including phenoxy) is 3. The molecule has 0 saturated carbocycles. The first-order chi connectivity index (χ1) is 16.3. The van der Waals surface area contributed by atoms with Gasteiger partial charge in [0, 0.05) is 4.91 Å². The number of rotatable bonds is 14. The van der Waals surface area contributed by atoms with Crippen LogP contribution in [0.4, 0.5) is 0 Å². The van der Waals surface area contributed by atoms with Crippen LogP contribution in [0.2, 0.25) is 0 Å². The van der Waals surface area contributed by atoms with Gasteiger partial charge in [-0.3, -0.25) is 0 Å². The highest BCUT2D eigenvalue weighted by Gasteiger charge is 2.31. The minimum Gasteiger partial charge on any atom is -0.396 e. The summed E-state index contributed by atoms with van der Waals surface area (Å²) in [5.74, 6) is 0. The van der Waals surface area contributed by atoms with E-state index >= 15 is 0 Å². The zero-order chi connectivity index (χ0) is 23.1. The highest BCUT2D eigenvalue weighted by Crippen LogP contribution is 2.18. The SMILES string of the molecule is [N-]=[N+]=N[C@@H](CO)[C@@H](OCc1ccccc1)[C@@H](COCc1ccccc1)OCc1ccccc1. The lowest BCUT2D eigenvalue weighted by Crippen LogP contribution is -2.44. The largest absolute Gasteiger partial charge is 0.396 e. The standard InChI is InChI=1S/C26H29N3O4/c27-29-28-24(16-30)26(33-19-23-14-8-3-9-15-23)25(32-18-22-12-6-2-7-13-22)20-31-17-21-10-4-1-5-11-21/h1-15,24-26,30H,16-20H2/t24-,25+,26+/m0/s1. The van der Waals surface area contributed by atoms with E-state index in [1.807, 2.05) is 91.0 Å². The Kier molecular flexibility index (Phi) is 10.4. The first-order valence-corrected chi connectivity index (χ1v) is 10.9. The molecule has 0 aliphatic carbocycles. The van der Waals surface area contributed by atoms with Crippen molar-refractivity contribution in [2.24, 2.45) is 5.11 Å². The lowest BCUT2D eigenvalue weighted by atomic mass is 10.1. The highest BCUT2D eigenvalue weighted by molar-refractivity contribution is 5.15. The van der Waals surface area contributed by atoms with Crippen molar-refractivity contribution in [2.75, 3.05) is 13.2 Å². The van der Waals surface area contributed by atoms with Crippen LogP contribution in [0, 0.1) is 0 Å². The maximum Gasteiger partial charge on any atom is 0.108 e. The van der Waals surface area contributed by atoms with E-state index < -0.39 is 18.2 Å². The summed E-state index contributed by atoms with van der Waals surface area (Å²) in [4.78, 5) is 2.90. The van der Waals surface area contributed by atoms with Gasteiger partial charge in [0.15, 0.2) is 0 Å². The Labute approximate surface area is 194 Å². The first kappa shape index (κ1) is 24.5. The molecule has 0 aliphatic rings. The average Bonchev–Trinajstić information content (AvgIpc) is 2.88. The van der Waals surface area contributed by atoms with Crippen molar-refractivity contribution in [3.05, 3.63) is 118 Å². The Hall–Kier alpha value is -3.19. The monoisotopic (exact) mass is 447 g/mol. The van der Waals surface area contributed by atoms with Gasteiger partial charge in [-0.1, -0.05) is 96.1 Å². The van der Waals surface area contributed by atoms with Crippen molar-refractivity contribution in [3.63, 3.8) is 0 Å². The van der Waals surface area contributed by atoms with Crippen LogP contribution in [0.5, 0.6) is 0 Å². The van der Waals surface area contributed by atoms with E-state index in [0.29, 0.717) is 13.2 Å². The number of benzene rings is 3. The molecular formula is C26H29N3O4. The van der Waals surface area contributed by atoms with E-state index in [2.05, 4.69) is 10.0 Å². The molecule has 0 amide bonds. The third-order valence-corrected chi connectivity index (χ3v) is 5.12. The van der Waals surface area contributed by atoms with Gasteiger partial charge in [-0.2, -0.15) is 0 Å². The molecular weight excluding hydrogens is 418 g/mol. The normalized spacial score (nSPS) is 13.6. The van der Waals surface area contributed by atoms with E-state index in [4.69, 9.17) is 19.7 Å². The van der Waals surface area contributed by atoms with Crippen LogP contribution >= 0.6 is 0 Å². The van der Waals surface area contributed by atoms with E-state index in [0.717, 1.165) is 16.7 Å². The molecule has 0 bridgehead atoms. The first-order valence-electron chi connectivity index (χ1n) is 10.9. The fourth-order valence-electron chi connectivity index (χ4n) is 3.39. The molecule has 0 fully saturated rings. The molecule has 0 radical (unpaired) electrons. The van der Waals surface area contributed by atoms with Crippen molar-refractivity contribution in [1.29, 1.82) is 0 Å². The zero-order valence-corrected chi connectivity index (χ0v) is 18.4. The highest BCUT2D eigenvalue weighted by atomic mass is 16.6. The summed E-state index contributed by atoms with van der Waals surface area (Å²) in [7, 11) is 0. The van der Waals surface area contributed by atoms with Gasteiger partial charge >= 0.3 is 0 Å². The Balaban J connectivity index is 1.75. The predicted molar refractivity (Wildman–Crippen MR) is 126 cm³/mol. The van der Waals surface area contributed by atoms with Crippen molar-refractivity contribution >= 4 is 0 Å². The summed E-state index contributed by atoms with van der Waals surface area (Å²) in [6, 6.07) is 28.5. The van der Waals surface area contributed by atoms with E-state index in [1.165, 1.54) is 0 Å². The second-order valence-corrected chi connectivity index (χ2v) is 7.55. The number of aliphatic hydroxyl groups excluding tert-OH is 1. The van der Waals surface area contributed by atoms with Gasteiger partial charge in [-0.05, 0) is 22.2 Å². The molecule has 1 N–H and O–H groups in total. The molecule has 0 spiro atoms. The Morgan fingerprint density at radius 1 is 0.727 bits per heavy atom. The smallest absolute Gasteiger partial charge is 0.108 e. The minimum atomic E-state index is -0.820. The van der Waals surface area contributed by atoms with Gasteiger partial charge in [0.2, 0.25) is 0 Å². The fraction of sp³-hybridized carbons (Fsp3) is 0.308. The Bertz CT molecular complexity index is 967. The molecule has 33 heavy (non-hydrogen) atoms. The third-order valence-electron chi connectivity index (χ3n) is 5.12. The topological polar surface area (TPSA) is 96.7 Å². The number of aliphatic hydroxyl groups is 1. The third kappa shape index (κ3) is 8.35. The average molecular weight is 448 g/mol. The predicted octanol–water partition coefficient (Wildman–Crippen LogP) is 5.05. The molecule has 0 heterocycles. The van der Waals surface area contributed by atoms with Gasteiger partial charge in [-0.25, -0.2) is 0 Å². The molecule has 3 rings (SSSR count). The lowest BCUT2D eigenvalue weighted by molar-refractivity contribution is -0.127. The summed E-state index contributed by atoms with van der Waals surface area (Å²) in [5, 5.41) is 13.7. The number of azide groups is 1. The Morgan fingerprint density at radius 3 is 1.70 bits per heavy atom. The van der Waals surface area contributed by atoms with Crippen LogP contribution < -0.4 is 0 Å². The van der Waals surface area contributed by atoms with Gasteiger partial charge in [-0.15, -0.1) is 0 Å². The van der Waals surface area contributed by atoms with E-state index in [1.54, 1.807) is 0 Å². The van der Waals surface area contributed by atoms with E-state index in [-0.39, 0.29) is 19.8 Å². The molecule has 0 unspecified atom stereocenters. The van der Waals surface area contributed by atoms with Gasteiger partial charge in [0.05, 0.1) is 45.2 Å². The second kappa shape index (κ2) is 14.1. The van der Waals surface area contributed by atoms with Crippen LogP contribution in [0.15, 0.2) is 96.1 Å². The molecule has 7 heteroatoms. The van der Waals surface area contributed by atoms with Gasteiger partial charge < -0.3 is 19.3 Å². The van der Waals surface area contributed by atoms with Crippen LogP contribution in [0.1, 0.15) is 16.7 Å². The lowest BCUT2D eigenvalue weighted by Gasteiger charge is -2.31. The van der Waals surface area contributed by atoms with Crippen LogP contribution in [0.25, 0.3) is 10.4 Å². The molecule has 3 aromatic rings. The summed E-state index contributed by atoms with van der Waals surface area (Å²) in [6.07, 6.45) is -1.27. The molecule has 0 aromatic heterocycles. The molecule has 0 saturated heterocycles. The maximum absolute atomic E-state index is 9.92. The summed E-state index contributed by atoms with van der Waals surface area (Å²) in [6.45, 7) is 0.863. The summed E-state index contributed by atoms with van der Waals surface area (Å²) >= 11 is 0. The van der Waals surface area contributed by atoms with Gasteiger partial charge in [0.1, 0.15) is 6.10 Å². The minimum absolute atomic E-state index is 0.207. The van der Waals surface area contributed by atoms with Crippen molar-refractivity contribution in [1.82, 2.24) is 0 Å². The van der Waals surface area contributed by atoms with Crippen molar-refractivity contribution in [2.45, 2.75) is 38.1 Å². The Morgan fingerprint density at radius 2 is 1.21 bits per heavy atom. The molecule has 7 nitrogen and oxygen atoms in total. The van der Waals surface area contributed by atoms with Crippen LogP contribution in [0.3, 0.4) is 0 Å². The molecule has 0 aliphatic heterocycles. The molecule has 172 valence electrons. The number of hydrogen-bond donors (Lipinski definition) is 1. The van der Waals surface area contributed by atoms with Gasteiger partial charge in [0.25, 0.3) is 0 Å².